The number of ether oxygens (including phenoxy) is 1. The number of nitrogens with zero attached hydrogens (tertiary/aromatic N) is 1. The van der Waals surface area contributed by atoms with Crippen LogP contribution in [0.15, 0.2) is 24.3 Å². The van der Waals surface area contributed by atoms with Crippen LogP contribution in [-0.4, -0.2) is 52.1 Å². The molecule has 0 spiro atoms. The Balaban J connectivity index is 1.42. The van der Waals surface area contributed by atoms with Crippen molar-refractivity contribution in [3.63, 3.8) is 0 Å². The van der Waals surface area contributed by atoms with E-state index in [1.807, 2.05) is 0 Å². The standard InChI is InChI=1S/C21H35N3O3S/c1-16(2)28(25,26)23-20-6-4-18(5-7-20)14-22-19-8-10-21(11-9-19)24-12-13-27-17(3)15-24/h8-11,16-18,20,22-23H,4-7,12-15H2,1-3H3/t17-,18?,20?/m1/s1. The summed E-state index contributed by atoms with van der Waals surface area (Å²) in [5, 5.41) is 3.19. The third-order valence-corrected chi connectivity index (χ3v) is 7.77. The van der Waals surface area contributed by atoms with Gasteiger partial charge in [0.1, 0.15) is 0 Å². The van der Waals surface area contributed by atoms with Crippen molar-refractivity contribution in [1.82, 2.24) is 4.72 Å². The summed E-state index contributed by atoms with van der Waals surface area (Å²) in [4.78, 5) is 2.37. The van der Waals surface area contributed by atoms with Crippen molar-refractivity contribution in [1.29, 1.82) is 0 Å². The average Bonchev–Trinajstić information content (AvgIpc) is 2.67. The van der Waals surface area contributed by atoms with Gasteiger partial charge in [-0.3, -0.25) is 0 Å². The second-order valence-electron chi connectivity index (χ2n) is 8.48. The molecule has 1 atom stereocenters. The molecule has 2 N–H and O–H groups in total. The van der Waals surface area contributed by atoms with Gasteiger partial charge in [-0.2, -0.15) is 0 Å². The Kier molecular flexibility index (Phi) is 7.23. The van der Waals surface area contributed by atoms with Crippen molar-refractivity contribution in [2.45, 2.75) is 63.9 Å². The third-order valence-electron chi connectivity index (χ3n) is 5.87. The van der Waals surface area contributed by atoms with Gasteiger partial charge >= 0.3 is 0 Å². The van der Waals surface area contributed by atoms with E-state index in [2.05, 4.69) is 46.1 Å². The highest BCUT2D eigenvalue weighted by Crippen LogP contribution is 2.26. The maximum atomic E-state index is 12.0. The lowest BCUT2D eigenvalue weighted by atomic mass is 9.86. The fourth-order valence-corrected chi connectivity index (χ4v) is 4.93. The number of nitrogens with one attached hydrogen (secondary N) is 2. The zero-order valence-corrected chi connectivity index (χ0v) is 18.2. The van der Waals surface area contributed by atoms with Crippen molar-refractivity contribution < 1.29 is 13.2 Å². The summed E-state index contributed by atoms with van der Waals surface area (Å²) in [6, 6.07) is 8.75. The summed E-state index contributed by atoms with van der Waals surface area (Å²) in [7, 11) is -3.17. The largest absolute Gasteiger partial charge is 0.385 e. The van der Waals surface area contributed by atoms with E-state index in [4.69, 9.17) is 4.74 Å². The molecule has 1 aromatic carbocycles. The van der Waals surface area contributed by atoms with Gasteiger partial charge in [0.25, 0.3) is 0 Å². The monoisotopic (exact) mass is 409 g/mol. The van der Waals surface area contributed by atoms with E-state index >= 15 is 0 Å². The number of anilines is 2. The van der Waals surface area contributed by atoms with Crippen molar-refractivity contribution in [2.75, 3.05) is 36.5 Å². The molecule has 0 radical (unpaired) electrons. The number of benzene rings is 1. The smallest absolute Gasteiger partial charge is 0.214 e. The average molecular weight is 410 g/mol. The van der Waals surface area contributed by atoms with Gasteiger partial charge in [-0.25, -0.2) is 13.1 Å². The van der Waals surface area contributed by atoms with Gasteiger partial charge in [-0.15, -0.1) is 0 Å². The molecule has 0 amide bonds. The highest BCUT2D eigenvalue weighted by molar-refractivity contribution is 7.90. The predicted molar refractivity (Wildman–Crippen MR) is 115 cm³/mol. The normalized spacial score (nSPS) is 26.4. The molecule has 0 unspecified atom stereocenters. The van der Waals surface area contributed by atoms with E-state index in [1.54, 1.807) is 13.8 Å². The summed E-state index contributed by atoms with van der Waals surface area (Å²) in [5.74, 6) is 0.597. The first-order valence-electron chi connectivity index (χ1n) is 10.5. The molecule has 1 saturated heterocycles. The van der Waals surface area contributed by atoms with Gasteiger partial charge in [0.15, 0.2) is 0 Å². The summed E-state index contributed by atoms with van der Waals surface area (Å²) in [5.41, 5.74) is 2.39. The predicted octanol–water partition coefficient (Wildman–Crippen LogP) is 3.21. The van der Waals surface area contributed by atoms with Crippen LogP contribution in [0.4, 0.5) is 11.4 Å². The van der Waals surface area contributed by atoms with Crippen LogP contribution >= 0.6 is 0 Å². The minimum absolute atomic E-state index is 0.0962. The summed E-state index contributed by atoms with van der Waals surface area (Å²) in [6.45, 7) is 9.18. The minimum atomic E-state index is -3.17. The van der Waals surface area contributed by atoms with Crippen molar-refractivity contribution in [2.24, 2.45) is 5.92 Å². The van der Waals surface area contributed by atoms with Gasteiger partial charge < -0.3 is 15.0 Å². The number of hydrogen-bond acceptors (Lipinski definition) is 5. The van der Waals surface area contributed by atoms with Crippen molar-refractivity contribution in [3.8, 4) is 0 Å². The van der Waals surface area contributed by atoms with E-state index in [1.165, 1.54) is 5.69 Å². The maximum Gasteiger partial charge on any atom is 0.214 e. The van der Waals surface area contributed by atoms with E-state index in [9.17, 15) is 8.42 Å². The van der Waals surface area contributed by atoms with Crippen LogP contribution in [0, 0.1) is 5.92 Å². The molecule has 7 heteroatoms. The lowest BCUT2D eigenvalue weighted by Gasteiger charge is -2.33. The molecule has 28 heavy (non-hydrogen) atoms. The SMILES string of the molecule is CC(C)S(=O)(=O)NC1CCC(CNc2ccc(N3CCO[C@H](C)C3)cc2)CC1. The van der Waals surface area contributed by atoms with Gasteiger partial charge in [-0.05, 0) is 76.6 Å². The van der Waals surface area contributed by atoms with Crippen LogP contribution in [0.25, 0.3) is 0 Å². The zero-order valence-electron chi connectivity index (χ0n) is 17.4. The van der Waals surface area contributed by atoms with Crippen LogP contribution in [0.2, 0.25) is 0 Å². The second-order valence-corrected chi connectivity index (χ2v) is 10.8. The molecule has 1 heterocycles. The zero-order chi connectivity index (χ0) is 20.1. The van der Waals surface area contributed by atoms with E-state index in [0.29, 0.717) is 5.92 Å². The molecule has 1 aliphatic heterocycles. The summed E-state index contributed by atoms with van der Waals surface area (Å²) < 4.78 is 32.5. The molecule has 2 aliphatic rings. The number of morpholine rings is 1. The Morgan fingerprint density at radius 3 is 2.43 bits per heavy atom. The Labute approximate surface area is 170 Å². The number of rotatable bonds is 7. The quantitative estimate of drug-likeness (QED) is 0.724. The number of sulfonamides is 1. The lowest BCUT2D eigenvalue weighted by molar-refractivity contribution is 0.0532. The van der Waals surface area contributed by atoms with Crippen LogP contribution in [0.3, 0.4) is 0 Å². The lowest BCUT2D eigenvalue weighted by Crippen LogP contribution is -2.41. The van der Waals surface area contributed by atoms with E-state index < -0.39 is 10.0 Å². The minimum Gasteiger partial charge on any atom is -0.385 e. The molecule has 0 aromatic heterocycles. The molecule has 2 fully saturated rings. The molecule has 0 bridgehead atoms. The first-order valence-corrected chi connectivity index (χ1v) is 12.1. The van der Waals surface area contributed by atoms with Crippen LogP contribution < -0.4 is 14.9 Å². The first-order chi connectivity index (χ1) is 13.3. The molecule has 1 saturated carbocycles. The highest BCUT2D eigenvalue weighted by Gasteiger charge is 2.26. The maximum absolute atomic E-state index is 12.0. The van der Waals surface area contributed by atoms with Crippen LogP contribution in [-0.2, 0) is 14.8 Å². The van der Waals surface area contributed by atoms with Crippen molar-refractivity contribution in [3.05, 3.63) is 24.3 Å². The van der Waals surface area contributed by atoms with E-state index in [-0.39, 0.29) is 17.4 Å². The molecule has 1 aromatic rings. The fourth-order valence-electron chi connectivity index (χ4n) is 3.96. The Morgan fingerprint density at radius 2 is 1.82 bits per heavy atom. The molecular weight excluding hydrogens is 374 g/mol. The van der Waals surface area contributed by atoms with Gasteiger partial charge in [0, 0.05) is 37.1 Å². The topological polar surface area (TPSA) is 70.7 Å². The molecule has 6 nitrogen and oxygen atoms in total. The van der Waals surface area contributed by atoms with Crippen LogP contribution in [0.5, 0.6) is 0 Å². The Hall–Kier alpha value is -1.31. The van der Waals surface area contributed by atoms with Gasteiger partial charge in [0.05, 0.1) is 18.0 Å². The Morgan fingerprint density at radius 1 is 1.14 bits per heavy atom. The number of hydrogen-bond donors (Lipinski definition) is 2. The molecule has 1 aliphatic carbocycles. The van der Waals surface area contributed by atoms with Crippen LogP contribution in [0.1, 0.15) is 46.5 Å². The van der Waals surface area contributed by atoms with Crippen molar-refractivity contribution >= 4 is 21.4 Å². The summed E-state index contributed by atoms with van der Waals surface area (Å²) in [6.07, 6.45) is 4.25. The fraction of sp³-hybridized carbons (Fsp3) is 0.714. The molecular formula is C21H35N3O3S. The molecule has 3 rings (SSSR count). The van der Waals surface area contributed by atoms with Gasteiger partial charge in [0.2, 0.25) is 10.0 Å². The highest BCUT2D eigenvalue weighted by atomic mass is 32.2. The summed E-state index contributed by atoms with van der Waals surface area (Å²) >= 11 is 0. The third kappa shape index (κ3) is 5.84. The van der Waals surface area contributed by atoms with Gasteiger partial charge in [-0.1, -0.05) is 0 Å². The second kappa shape index (κ2) is 9.46. The van der Waals surface area contributed by atoms with E-state index in [0.717, 1.165) is 57.6 Å². The Bertz CT molecular complexity index is 713. The first kappa shape index (κ1) is 21.4. The molecule has 158 valence electrons.